The van der Waals surface area contributed by atoms with Crippen LogP contribution in [0.2, 0.25) is 0 Å². The number of ether oxygens (including phenoxy) is 2. The fourth-order valence-electron chi connectivity index (χ4n) is 3.78. The monoisotopic (exact) mass is 377 g/mol. The maximum atomic E-state index is 5.51. The Morgan fingerprint density at radius 2 is 1.79 bits per heavy atom. The zero-order valence-corrected chi connectivity index (χ0v) is 16.8. The molecule has 0 unspecified atom stereocenters. The van der Waals surface area contributed by atoms with Gasteiger partial charge in [-0.2, -0.15) is 5.10 Å². The molecule has 0 aliphatic carbocycles. The zero-order valence-electron chi connectivity index (χ0n) is 16.8. The molecule has 0 spiro atoms. The summed E-state index contributed by atoms with van der Waals surface area (Å²) in [5, 5.41) is 8.62. The Bertz CT molecular complexity index is 961. The van der Waals surface area contributed by atoms with Crippen LogP contribution in [0.1, 0.15) is 30.9 Å². The van der Waals surface area contributed by atoms with Gasteiger partial charge in [0, 0.05) is 17.7 Å². The van der Waals surface area contributed by atoms with E-state index in [0.717, 1.165) is 66.5 Å². The molecule has 0 fully saturated rings. The summed E-state index contributed by atoms with van der Waals surface area (Å²) >= 11 is 0. The maximum absolute atomic E-state index is 5.51. The van der Waals surface area contributed by atoms with Crippen LogP contribution in [-0.4, -0.2) is 30.5 Å². The third-order valence-electron chi connectivity index (χ3n) is 5.38. The summed E-state index contributed by atoms with van der Waals surface area (Å²) in [5.41, 5.74) is 5.72. The number of rotatable bonds is 5. The van der Waals surface area contributed by atoms with Crippen molar-refractivity contribution >= 4 is 5.82 Å². The lowest BCUT2D eigenvalue weighted by Gasteiger charge is -2.09. The first-order chi connectivity index (χ1) is 13.7. The molecule has 0 saturated carbocycles. The molecule has 5 heteroatoms. The Kier molecular flexibility index (Phi) is 5.24. The van der Waals surface area contributed by atoms with Crippen LogP contribution in [0.4, 0.5) is 5.82 Å². The predicted octanol–water partition coefficient (Wildman–Crippen LogP) is 4.87. The van der Waals surface area contributed by atoms with Gasteiger partial charge in [0.1, 0.15) is 5.82 Å². The van der Waals surface area contributed by atoms with Crippen molar-refractivity contribution in [3.05, 3.63) is 53.6 Å². The van der Waals surface area contributed by atoms with Crippen molar-refractivity contribution in [2.24, 2.45) is 0 Å². The minimum Gasteiger partial charge on any atom is -0.493 e. The average molecular weight is 377 g/mol. The van der Waals surface area contributed by atoms with E-state index in [2.05, 4.69) is 42.6 Å². The van der Waals surface area contributed by atoms with Crippen LogP contribution in [0.5, 0.6) is 11.5 Å². The standard InChI is InChI=1S/C23H27N3O2/c1-4-16-8-11-18(12-9-16)26-23-19(7-5-6-14-24-23)22(25-26)17-10-13-20(27-2)21(15-17)28-3/h8-13,15,24H,4-7,14H2,1-3H3. The second-order valence-electron chi connectivity index (χ2n) is 7.06. The van der Waals surface area contributed by atoms with Crippen LogP contribution >= 0.6 is 0 Å². The number of fused-ring (bicyclic) bond motifs is 1. The molecule has 3 aromatic rings. The van der Waals surface area contributed by atoms with Crippen molar-refractivity contribution in [1.82, 2.24) is 9.78 Å². The molecule has 0 saturated heterocycles. The van der Waals surface area contributed by atoms with Crippen LogP contribution in [-0.2, 0) is 12.8 Å². The lowest BCUT2D eigenvalue weighted by molar-refractivity contribution is 0.355. The van der Waals surface area contributed by atoms with E-state index >= 15 is 0 Å². The molecule has 0 atom stereocenters. The summed E-state index contributed by atoms with van der Waals surface area (Å²) in [6, 6.07) is 14.7. The summed E-state index contributed by atoms with van der Waals surface area (Å²) in [6.45, 7) is 3.14. The minimum atomic E-state index is 0.720. The van der Waals surface area contributed by atoms with Crippen LogP contribution in [0.3, 0.4) is 0 Å². The number of nitrogens with zero attached hydrogens (tertiary/aromatic N) is 2. The zero-order chi connectivity index (χ0) is 19.5. The number of anilines is 1. The molecule has 1 aliphatic rings. The van der Waals surface area contributed by atoms with E-state index in [9.17, 15) is 0 Å². The molecule has 28 heavy (non-hydrogen) atoms. The molecule has 0 radical (unpaired) electrons. The van der Waals surface area contributed by atoms with E-state index in [4.69, 9.17) is 14.6 Å². The molecule has 2 aromatic carbocycles. The van der Waals surface area contributed by atoms with Gasteiger partial charge >= 0.3 is 0 Å². The van der Waals surface area contributed by atoms with E-state index in [0.29, 0.717) is 0 Å². The second kappa shape index (κ2) is 7.97. The van der Waals surface area contributed by atoms with Gasteiger partial charge in [-0.1, -0.05) is 19.1 Å². The van der Waals surface area contributed by atoms with Crippen LogP contribution in [0.25, 0.3) is 16.9 Å². The number of nitrogens with one attached hydrogen (secondary N) is 1. The van der Waals surface area contributed by atoms with Crippen molar-refractivity contribution in [1.29, 1.82) is 0 Å². The summed E-state index contributed by atoms with van der Waals surface area (Å²) in [7, 11) is 3.32. The van der Waals surface area contributed by atoms with Crippen molar-refractivity contribution in [2.75, 3.05) is 26.1 Å². The number of aromatic nitrogens is 2. The van der Waals surface area contributed by atoms with E-state index in [1.807, 2.05) is 16.8 Å². The van der Waals surface area contributed by atoms with Gasteiger partial charge in [0.2, 0.25) is 0 Å². The minimum absolute atomic E-state index is 0.720. The van der Waals surface area contributed by atoms with Crippen LogP contribution < -0.4 is 14.8 Å². The van der Waals surface area contributed by atoms with Gasteiger partial charge in [-0.05, 0) is 61.6 Å². The molecule has 1 N–H and O–H groups in total. The smallest absolute Gasteiger partial charge is 0.161 e. The Balaban J connectivity index is 1.85. The van der Waals surface area contributed by atoms with E-state index in [-0.39, 0.29) is 0 Å². The fraction of sp³-hybridized carbons (Fsp3) is 0.348. The third-order valence-corrected chi connectivity index (χ3v) is 5.38. The van der Waals surface area contributed by atoms with Crippen molar-refractivity contribution in [3.63, 3.8) is 0 Å². The fourth-order valence-corrected chi connectivity index (χ4v) is 3.78. The molecule has 1 aliphatic heterocycles. The van der Waals surface area contributed by atoms with Crippen molar-refractivity contribution < 1.29 is 9.47 Å². The molecule has 4 rings (SSSR count). The van der Waals surface area contributed by atoms with Gasteiger partial charge in [0.15, 0.2) is 11.5 Å². The van der Waals surface area contributed by atoms with Crippen molar-refractivity contribution in [3.8, 4) is 28.4 Å². The normalized spacial score (nSPS) is 13.4. The Morgan fingerprint density at radius 3 is 2.50 bits per heavy atom. The summed E-state index contributed by atoms with van der Waals surface area (Å²) in [5.74, 6) is 2.55. The molecule has 0 bridgehead atoms. The lowest BCUT2D eigenvalue weighted by atomic mass is 10.0. The highest BCUT2D eigenvalue weighted by Crippen LogP contribution is 2.37. The molecule has 146 valence electrons. The van der Waals surface area contributed by atoms with E-state index in [1.165, 1.54) is 11.1 Å². The van der Waals surface area contributed by atoms with Gasteiger partial charge < -0.3 is 14.8 Å². The molecule has 2 heterocycles. The van der Waals surface area contributed by atoms with Gasteiger partial charge in [0.25, 0.3) is 0 Å². The average Bonchev–Trinajstić information content (AvgIpc) is 2.94. The quantitative estimate of drug-likeness (QED) is 0.689. The van der Waals surface area contributed by atoms with Crippen LogP contribution in [0, 0.1) is 0 Å². The second-order valence-corrected chi connectivity index (χ2v) is 7.06. The van der Waals surface area contributed by atoms with Crippen LogP contribution in [0.15, 0.2) is 42.5 Å². The molecule has 5 nitrogen and oxygen atoms in total. The molecular weight excluding hydrogens is 350 g/mol. The number of methoxy groups -OCH3 is 2. The summed E-state index contributed by atoms with van der Waals surface area (Å²) in [6.07, 6.45) is 4.36. The molecule has 1 aromatic heterocycles. The van der Waals surface area contributed by atoms with Gasteiger partial charge in [-0.15, -0.1) is 0 Å². The SMILES string of the molecule is CCc1ccc(-n2nc(-c3ccc(OC)c(OC)c3)c3c2NCCCC3)cc1. The van der Waals surface area contributed by atoms with Gasteiger partial charge in [0.05, 0.1) is 25.6 Å². The number of benzene rings is 2. The largest absolute Gasteiger partial charge is 0.493 e. The van der Waals surface area contributed by atoms with Crippen molar-refractivity contribution in [2.45, 2.75) is 32.6 Å². The predicted molar refractivity (Wildman–Crippen MR) is 113 cm³/mol. The first-order valence-corrected chi connectivity index (χ1v) is 9.92. The van der Waals surface area contributed by atoms with E-state index in [1.54, 1.807) is 14.2 Å². The highest BCUT2D eigenvalue weighted by Gasteiger charge is 2.22. The maximum Gasteiger partial charge on any atom is 0.161 e. The Morgan fingerprint density at radius 1 is 1.00 bits per heavy atom. The Labute approximate surface area is 166 Å². The topological polar surface area (TPSA) is 48.3 Å². The number of hydrogen-bond acceptors (Lipinski definition) is 4. The highest BCUT2D eigenvalue weighted by atomic mass is 16.5. The summed E-state index contributed by atoms with van der Waals surface area (Å²) < 4.78 is 12.9. The van der Waals surface area contributed by atoms with E-state index < -0.39 is 0 Å². The molecule has 0 amide bonds. The number of hydrogen-bond donors (Lipinski definition) is 1. The number of aryl methyl sites for hydroxylation is 1. The molecular formula is C23H27N3O2. The first kappa shape index (κ1) is 18.4. The lowest BCUT2D eigenvalue weighted by Crippen LogP contribution is -2.07. The third kappa shape index (κ3) is 3.33. The highest BCUT2D eigenvalue weighted by molar-refractivity contribution is 5.73. The first-order valence-electron chi connectivity index (χ1n) is 9.92. The van der Waals surface area contributed by atoms with Gasteiger partial charge in [-0.3, -0.25) is 0 Å². The summed E-state index contributed by atoms with van der Waals surface area (Å²) in [4.78, 5) is 0. The van der Waals surface area contributed by atoms with Gasteiger partial charge in [-0.25, -0.2) is 4.68 Å². The Hall–Kier alpha value is -2.95.